The van der Waals surface area contributed by atoms with E-state index in [1.165, 1.54) is 17.1 Å². The van der Waals surface area contributed by atoms with Crippen LogP contribution in [0, 0.1) is 6.92 Å². The third-order valence-corrected chi connectivity index (χ3v) is 6.42. The van der Waals surface area contributed by atoms with Gasteiger partial charge < -0.3 is 4.90 Å². The minimum Gasteiger partial charge on any atom is -0.311 e. The van der Waals surface area contributed by atoms with Gasteiger partial charge in [0, 0.05) is 17.1 Å². The minimum atomic E-state index is -3.55. The van der Waals surface area contributed by atoms with Gasteiger partial charge in [0.2, 0.25) is 0 Å². The Morgan fingerprint density at radius 3 is 1.44 bits per heavy atom. The first-order chi connectivity index (χ1) is 16.5. The van der Waals surface area contributed by atoms with Crippen LogP contribution < -0.4 is 4.90 Å². The lowest BCUT2D eigenvalue weighted by atomic mass is 10.2. The van der Waals surface area contributed by atoms with Gasteiger partial charge in [-0.1, -0.05) is 85.6 Å². The summed E-state index contributed by atoms with van der Waals surface area (Å²) in [5.74, 6) is 0. The van der Waals surface area contributed by atoms with Crippen LogP contribution in [0.1, 0.15) is 25.3 Å². The molecule has 4 rings (SSSR count). The summed E-state index contributed by atoms with van der Waals surface area (Å²) in [5.41, 5.74) is 4.53. The average Bonchev–Trinajstić information content (AvgIpc) is 2.87. The monoisotopic (exact) mass is 473 g/mol. The molecule has 4 aromatic carbocycles. The lowest BCUT2D eigenvalue weighted by molar-refractivity contribution is 0.311. The highest BCUT2D eigenvalue weighted by Crippen LogP contribution is 2.33. The standard InChI is InChI=1S/C18H15N.C11H16O3S/c1-4-10-16(11-5-1)19(17-12-6-2-7-13-17)18-14-8-3-9-15-18;1-3-4-9-14-15(12,13)11-7-5-10(2)6-8-11/h1-15H;5-8H,3-4,9H2,1-2H3. The first kappa shape index (κ1) is 25.2. The Morgan fingerprint density at radius 2 is 1.06 bits per heavy atom. The third kappa shape index (κ3) is 7.30. The van der Waals surface area contributed by atoms with E-state index >= 15 is 0 Å². The molecule has 0 aliphatic heterocycles. The average molecular weight is 474 g/mol. The zero-order valence-electron chi connectivity index (χ0n) is 19.7. The van der Waals surface area contributed by atoms with Crippen molar-refractivity contribution in [3.8, 4) is 0 Å². The number of unbranched alkanes of at least 4 members (excludes halogenated alkanes) is 1. The quantitative estimate of drug-likeness (QED) is 0.195. The number of nitrogens with zero attached hydrogens (tertiary/aromatic N) is 1. The largest absolute Gasteiger partial charge is 0.311 e. The van der Waals surface area contributed by atoms with E-state index in [0.717, 1.165) is 18.4 Å². The zero-order chi connectivity index (χ0) is 24.2. The van der Waals surface area contributed by atoms with Crippen molar-refractivity contribution in [3.63, 3.8) is 0 Å². The van der Waals surface area contributed by atoms with E-state index in [1.807, 2.05) is 32.0 Å². The van der Waals surface area contributed by atoms with Gasteiger partial charge in [0.15, 0.2) is 0 Å². The summed E-state index contributed by atoms with van der Waals surface area (Å²) in [4.78, 5) is 2.48. The highest BCUT2D eigenvalue weighted by Gasteiger charge is 2.14. The molecule has 0 unspecified atom stereocenters. The van der Waals surface area contributed by atoms with E-state index in [0.29, 0.717) is 0 Å². The Labute approximate surface area is 203 Å². The molecule has 0 amide bonds. The van der Waals surface area contributed by atoms with E-state index < -0.39 is 10.1 Å². The molecule has 4 nitrogen and oxygen atoms in total. The van der Waals surface area contributed by atoms with Crippen LogP contribution >= 0.6 is 0 Å². The number of hydrogen-bond acceptors (Lipinski definition) is 4. The van der Waals surface area contributed by atoms with Crippen LogP contribution in [0.25, 0.3) is 0 Å². The summed E-state index contributed by atoms with van der Waals surface area (Å²) >= 11 is 0. The molecule has 0 atom stereocenters. The molecule has 176 valence electrons. The molecule has 0 aliphatic rings. The third-order valence-electron chi connectivity index (χ3n) is 5.09. The minimum absolute atomic E-state index is 0.226. The second-order valence-corrected chi connectivity index (χ2v) is 9.40. The summed E-state index contributed by atoms with van der Waals surface area (Å²) in [5, 5.41) is 0. The van der Waals surface area contributed by atoms with Gasteiger partial charge in [-0.3, -0.25) is 4.18 Å². The van der Waals surface area contributed by atoms with Gasteiger partial charge in [0.1, 0.15) is 0 Å². The Bertz CT molecular complexity index is 1120. The molecule has 0 N–H and O–H groups in total. The maximum atomic E-state index is 11.6. The van der Waals surface area contributed by atoms with Crippen LogP contribution in [0.2, 0.25) is 0 Å². The molecular weight excluding hydrogens is 442 g/mol. The first-order valence-corrected chi connectivity index (χ1v) is 12.8. The first-order valence-electron chi connectivity index (χ1n) is 11.4. The number of anilines is 3. The molecule has 0 aromatic heterocycles. The Balaban J connectivity index is 0.000000197. The fraction of sp³-hybridized carbons (Fsp3) is 0.172. The van der Waals surface area contributed by atoms with E-state index in [1.54, 1.807) is 24.3 Å². The van der Waals surface area contributed by atoms with E-state index in [-0.39, 0.29) is 11.5 Å². The number of rotatable bonds is 8. The molecule has 0 saturated heterocycles. The molecule has 4 aromatic rings. The summed E-state index contributed by atoms with van der Waals surface area (Å²) in [7, 11) is -3.55. The fourth-order valence-electron chi connectivity index (χ4n) is 3.26. The normalized spacial score (nSPS) is 10.8. The molecule has 0 heterocycles. The topological polar surface area (TPSA) is 46.6 Å². The van der Waals surface area contributed by atoms with Crippen molar-refractivity contribution in [1.29, 1.82) is 0 Å². The van der Waals surface area contributed by atoms with Crippen molar-refractivity contribution in [1.82, 2.24) is 0 Å². The molecular formula is C29H31NO3S. The van der Waals surface area contributed by atoms with E-state index in [2.05, 4.69) is 77.7 Å². The highest BCUT2D eigenvalue weighted by molar-refractivity contribution is 7.86. The summed E-state index contributed by atoms with van der Waals surface area (Å²) < 4.78 is 28.1. The second kappa shape index (κ2) is 12.7. The molecule has 0 saturated carbocycles. The number of para-hydroxylation sites is 3. The van der Waals surface area contributed by atoms with Crippen molar-refractivity contribution in [2.45, 2.75) is 31.6 Å². The molecule has 0 aliphatic carbocycles. The Hall–Kier alpha value is -3.41. The molecule has 5 heteroatoms. The van der Waals surface area contributed by atoms with Crippen molar-refractivity contribution < 1.29 is 12.6 Å². The second-order valence-electron chi connectivity index (χ2n) is 7.78. The van der Waals surface area contributed by atoms with Gasteiger partial charge in [-0.15, -0.1) is 0 Å². The van der Waals surface area contributed by atoms with E-state index in [4.69, 9.17) is 4.18 Å². The molecule has 0 spiro atoms. The SMILES string of the molecule is CCCCOS(=O)(=O)c1ccc(C)cc1.c1ccc(N(c2ccccc2)c2ccccc2)cc1. The van der Waals surface area contributed by atoms with Gasteiger partial charge in [-0.25, -0.2) is 0 Å². The van der Waals surface area contributed by atoms with Gasteiger partial charge in [-0.2, -0.15) is 8.42 Å². The fourth-order valence-corrected chi connectivity index (χ4v) is 4.21. The predicted octanol–water partition coefficient (Wildman–Crippen LogP) is 7.66. The van der Waals surface area contributed by atoms with Crippen LogP contribution in [0.15, 0.2) is 120 Å². The van der Waals surface area contributed by atoms with Crippen LogP contribution in [0.3, 0.4) is 0 Å². The Morgan fingerprint density at radius 1 is 0.647 bits per heavy atom. The van der Waals surface area contributed by atoms with Gasteiger partial charge in [0.25, 0.3) is 10.1 Å². The van der Waals surface area contributed by atoms with E-state index in [9.17, 15) is 8.42 Å². The summed E-state index contributed by atoms with van der Waals surface area (Å²) in [6.07, 6.45) is 1.68. The zero-order valence-corrected chi connectivity index (χ0v) is 20.5. The molecule has 34 heavy (non-hydrogen) atoms. The predicted molar refractivity (Wildman–Crippen MR) is 140 cm³/mol. The lowest BCUT2D eigenvalue weighted by Gasteiger charge is -2.25. The number of benzene rings is 4. The number of hydrogen-bond donors (Lipinski definition) is 0. The maximum Gasteiger partial charge on any atom is 0.296 e. The highest BCUT2D eigenvalue weighted by atomic mass is 32.2. The molecule has 0 radical (unpaired) electrons. The van der Waals surface area contributed by atoms with Gasteiger partial charge >= 0.3 is 0 Å². The maximum absolute atomic E-state index is 11.6. The van der Waals surface area contributed by atoms with Crippen molar-refractivity contribution in [2.24, 2.45) is 0 Å². The van der Waals surface area contributed by atoms with Crippen molar-refractivity contribution >= 4 is 27.2 Å². The smallest absolute Gasteiger partial charge is 0.296 e. The van der Waals surface area contributed by atoms with Crippen LogP contribution in [-0.2, 0) is 14.3 Å². The van der Waals surface area contributed by atoms with Crippen molar-refractivity contribution in [2.75, 3.05) is 11.5 Å². The van der Waals surface area contributed by atoms with Crippen LogP contribution in [0.4, 0.5) is 17.1 Å². The van der Waals surface area contributed by atoms with Crippen LogP contribution in [-0.4, -0.2) is 15.0 Å². The van der Waals surface area contributed by atoms with Crippen LogP contribution in [0.5, 0.6) is 0 Å². The molecule has 0 fully saturated rings. The Kier molecular flexibility index (Phi) is 9.44. The molecule has 0 bridgehead atoms. The summed E-state index contributed by atoms with van der Waals surface area (Å²) in [6, 6.07) is 37.9. The van der Waals surface area contributed by atoms with Crippen molar-refractivity contribution in [3.05, 3.63) is 121 Å². The number of aryl methyl sites for hydroxylation is 1. The van der Waals surface area contributed by atoms with Gasteiger partial charge in [-0.05, 0) is 61.9 Å². The van der Waals surface area contributed by atoms with Gasteiger partial charge in [0.05, 0.1) is 11.5 Å². The summed E-state index contributed by atoms with van der Waals surface area (Å²) in [6.45, 7) is 4.16. The lowest BCUT2D eigenvalue weighted by Crippen LogP contribution is -2.09.